The first-order valence-corrected chi connectivity index (χ1v) is 6.39. The molecule has 0 unspecified atom stereocenters. The highest BCUT2D eigenvalue weighted by atomic mass is 16.5. The van der Waals surface area contributed by atoms with Crippen molar-refractivity contribution < 1.29 is 9.53 Å². The predicted molar refractivity (Wildman–Crippen MR) is 77.4 cm³/mol. The number of hydrogen-bond donors (Lipinski definition) is 3. The number of ether oxygens (including phenoxy) is 1. The van der Waals surface area contributed by atoms with E-state index in [0.717, 1.165) is 16.9 Å². The van der Waals surface area contributed by atoms with Crippen LogP contribution in [0.5, 0.6) is 0 Å². The molecule has 3 N–H and O–H groups in total. The molecule has 0 spiro atoms. The molecule has 0 fully saturated rings. The minimum atomic E-state index is -0.0737. The van der Waals surface area contributed by atoms with Gasteiger partial charge >= 0.3 is 0 Å². The van der Waals surface area contributed by atoms with Crippen LogP contribution in [-0.2, 0) is 9.53 Å². The van der Waals surface area contributed by atoms with Crippen LogP contribution >= 0.6 is 0 Å². The highest BCUT2D eigenvalue weighted by molar-refractivity contribution is 5.92. The molecule has 106 valence electrons. The Balaban J connectivity index is 1.83. The average Bonchev–Trinajstić information content (AvgIpc) is 2.99. The third-order valence-corrected chi connectivity index (χ3v) is 2.75. The smallest absolute Gasteiger partial charge is 0.238 e. The van der Waals surface area contributed by atoms with Crippen molar-refractivity contribution >= 4 is 11.6 Å². The molecule has 1 heterocycles. The number of H-pyrrole nitrogens is 1. The van der Waals surface area contributed by atoms with Gasteiger partial charge in [-0.2, -0.15) is 5.10 Å². The Bertz CT molecular complexity index is 523. The highest BCUT2D eigenvalue weighted by Gasteiger charge is 2.03. The van der Waals surface area contributed by atoms with Crippen molar-refractivity contribution in [2.75, 3.05) is 32.1 Å². The van der Waals surface area contributed by atoms with E-state index in [1.54, 1.807) is 13.3 Å². The standard InChI is InChI=1S/C14H18N4O2/c1-20-9-8-15-10-14(19)17-12-4-2-11(3-5-12)13-6-7-16-18-13/h2-7,15H,8-10H2,1H3,(H,16,18)(H,17,19). The van der Waals surface area contributed by atoms with Crippen molar-refractivity contribution in [3.05, 3.63) is 36.5 Å². The minimum Gasteiger partial charge on any atom is -0.383 e. The molecule has 0 aliphatic rings. The van der Waals surface area contributed by atoms with Crippen LogP contribution in [-0.4, -0.2) is 42.9 Å². The number of carbonyl (C=O) groups is 1. The van der Waals surface area contributed by atoms with Crippen LogP contribution in [0.1, 0.15) is 0 Å². The van der Waals surface area contributed by atoms with E-state index in [1.807, 2.05) is 30.3 Å². The molecule has 1 aromatic carbocycles. The maximum Gasteiger partial charge on any atom is 0.238 e. The van der Waals surface area contributed by atoms with Gasteiger partial charge in [-0.15, -0.1) is 0 Å². The van der Waals surface area contributed by atoms with E-state index < -0.39 is 0 Å². The number of benzene rings is 1. The highest BCUT2D eigenvalue weighted by Crippen LogP contribution is 2.18. The van der Waals surface area contributed by atoms with Gasteiger partial charge in [-0.25, -0.2) is 0 Å². The first kappa shape index (κ1) is 14.2. The Morgan fingerprint density at radius 3 is 2.75 bits per heavy atom. The number of aromatic nitrogens is 2. The van der Waals surface area contributed by atoms with Crippen molar-refractivity contribution in [3.8, 4) is 11.3 Å². The van der Waals surface area contributed by atoms with Gasteiger partial charge in [-0.1, -0.05) is 12.1 Å². The van der Waals surface area contributed by atoms with E-state index in [9.17, 15) is 4.79 Å². The molecule has 0 aliphatic heterocycles. The zero-order chi connectivity index (χ0) is 14.2. The molecule has 2 aromatic rings. The predicted octanol–water partition coefficient (Wildman–Crippen LogP) is 1.25. The quantitative estimate of drug-likeness (QED) is 0.664. The van der Waals surface area contributed by atoms with Gasteiger partial charge in [-0.05, 0) is 23.8 Å². The summed E-state index contributed by atoms with van der Waals surface area (Å²) in [5.41, 5.74) is 2.75. The number of nitrogens with one attached hydrogen (secondary N) is 3. The van der Waals surface area contributed by atoms with E-state index in [2.05, 4.69) is 20.8 Å². The van der Waals surface area contributed by atoms with Crippen molar-refractivity contribution in [1.82, 2.24) is 15.5 Å². The van der Waals surface area contributed by atoms with Crippen molar-refractivity contribution in [2.45, 2.75) is 0 Å². The maximum atomic E-state index is 11.7. The van der Waals surface area contributed by atoms with Crippen LogP contribution in [0.2, 0.25) is 0 Å². The lowest BCUT2D eigenvalue weighted by molar-refractivity contribution is -0.115. The average molecular weight is 274 g/mol. The first-order chi connectivity index (χ1) is 9.79. The summed E-state index contributed by atoms with van der Waals surface area (Å²) in [6.07, 6.45) is 1.71. The molecule has 6 heteroatoms. The SMILES string of the molecule is COCCNCC(=O)Nc1ccc(-c2ccn[nH]2)cc1. The number of aromatic amines is 1. The topological polar surface area (TPSA) is 79.0 Å². The van der Waals surface area contributed by atoms with Crippen LogP contribution in [0.25, 0.3) is 11.3 Å². The van der Waals surface area contributed by atoms with Gasteiger partial charge in [0.15, 0.2) is 0 Å². The van der Waals surface area contributed by atoms with Gasteiger partial charge < -0.3 is 15.4 Å². The summed E-state index contributed by atoms with van der Waals surface area (Å²) in [4.78, 5) is 11.7. The van der Waals surface area contributed by atoms with E-state index in [4.69, 9.17) is 4.74 Å². The third-order valence-electron chi connectivity index (χ3n) is 2.75. The number of hydrogen-bond acceptors (Lipinski definition) is 4. The second kappa shape index (κ2) is 7.42. The minimum absolute atomic E-state index is 0.0737. The molecule has 20 heavy (non-hydrogen) atoms. The van der Waals surface area contributed by atoms with Gasteiger partial charge in [0.05, 0.1) is 18.8 Å². The second-order valence-electron chi connectivity index (χ2n) is 4.27. The molecular formula is C14H18N4O2. The Hall–Kier alpha value is -2.18. The van der Waals surface area contributed by atoms with Crippen LogP contribution in [0.15, 0.2) is 36.5 Å². The molecule has 1 aromatic heterocycles. The zero-order valence-corrected chi connectivity index (χ0v) is 11.3. The largest absolute Gasteiger partial charge is 0.383 e. The summed E-state index contributed by atoms with van der Waals surface area (Å²) in [7, 11) is 1.63. The van der Waals surface area contributed by atoms with Crippen LogP contribution in [0, 0.1) is 0 Å². The van der Waals surface area contributed by atoms with Gasteiger partial charge in [0, 0.05) is 25.5 Å². The molecular weight excluding hydrogens is 256 g/mol. The monoisotopic (exact) mass is 274 g/mol. The number of anilines is 1. The summed E-state index contributed by atoms with van der Waals surface area (Å²) in [5.74, 6) is -0.0737. The first-order valence-electron chi connectivity index (χ1n) is 6.39. The lowest BCUT2D eigenvalue weighted by Crippen LogP contribution is -2.30. The Labute approximate surface area is 117 Å². The Morgan fingerprint density at radius 1 is 1.30 bits per heavy atom. The van der Waals surface area contributed by atoms with Gasteiger partial charge in [0.1, 0.15) is 0 Å². The summed E-state index contributed by atoms with van der Waals surface area (Å²) < 4.78 is 4.89. The summed E-state index contributed by atoms with van der Waals surface area (Å²) >= 11 is 0. The van der Waals surface area contributed by atoms with Crippen LogP contribution in [0.3, 0.4) is 0 Å². The number of nitrogens with zero attached hydrogens (tertiary/aromatic N) is 1. The van der Waals surface area contributed by atoms with E-state index >= 15 is 0 Å². The van der Waals surface area contributed by atoms with E-state index in [-0.39, 0.29) is 12.5 Å². The lowest BCUT2D eigenvalue weighted by atomic mass is 10.1. The summed E-state index contributed by atoms with van der Waals surface area (Å²) in [6, 6.07) is 9.49. The molecule has 0 radical (unpaired) electrons. The van der Waals surface area contributed by atoms with Gasteiger partial charge in [0.25, 0.3) is 0 Å². The third kappa shape index (κ3) is 4.18. The molecule has 6 nitrogen and oxygen atoms in total. The maximum absolute atomic E-state index is 11.7. The molecule has 0 bridgehead atoms. The molecule has 0 aliphatic carbocycles. The van der Waals surface area contributed by atoms with E-state index in [0.29, 0.717) is 13.2 Å². The summed E-state index contributed by atoms with van der Waals surface area (Å²) in [5, 5.41) is 12.6. The molecule has 0 saturated heterocycles. The Morgan fingerprint density at radius 2 is 2.10 bits per heavy atom. The van der Waals surface area contributed by atoms with E-state index in [1.165, 1.54) is 0 Å². The lowest BCUT2D eigenvalue weighted by Gasteiger charge is -2.07. The van der Waals surface area contributed by atoms with Crippen molar-refractivity contribution in [3.63, 3.8) is 0 Å². The fourth-order valence-corrected chi connectivity index (χ4v) is 1.73. The number of rotatable bonds is 7. The molecule has 2 rings (SSSR count). The number of methoxy groups -OCH3 is 1. The zero-order valence-electron chi connectivity index (χ0n) is 11.3. The molecule has 1 amide bonds. The van der Waals surface area contributed by atoms with Crippen LogP contribution < -0.4 is 10.6 Å². The second-order valence-corrected chi connectivity index (χ2v) is 4.27. The van der Waals surface area contributed by atoms with Gasteiger partial charge in [0.2, 0.25) is 5.91 Å². The summed E-state index contributed by atoms with van der Waals surface area (Å²) in [6.45, 7) is 1.51. The van der Waals surface area contributed by atoms with Crippen molar-refractivity contribution in [2.24, 2.45) is 0 Å². The van der Waals surface area contributed by atoms with Crippen LogP contribution in [0.4, 0.5) is 5.69 Å². The fraction of sp³-hybridized carbons (Fsp3) is 0.286. The van der Waals surface area contributed by atoms with Gasteiger partial charge in [-0.3, -0.25) is 9.89 Å². The fourth-order valence-electron chi connectivity index (χ4n) is 1.73. The Kier molecular flexibility index (Phi) is 5.28. The number of carbonyl (C=O) groups excluding carboxylic acids is 1. The number of amides is 1. The normalized spacial score (nSPS) is 10.4. The molecule has 0 saturated carbocycles. The molecule has 0 atom stereocenters. The van der Waals surface area contributed by atoms with Crippen molar-refractivity contribution in [1.29, 1.82) is 0 Å².